The fourth-order valence-electron chi connectivity index (χ4n) is 1.97. The summed E-state index contributed by atoms with van der Waals surface area (Å²) in [7, 11) is 0. The van der Waals surface area contributed by atoms with Crippen LogP contribution in [0.1, 0.15) is 25.2 Å². The first-order valence-electron chi connectivity index (χ1n) is 6.49. The molecular weight excluding hydrogens is 338 g/mol. The van der Waals surface area contributed by atoms with Crippen LogP contribution in [0.15, 0.2) is 38.1 Å². The number of benzene rings is 1. The Balaban J connectivity index is 1.99. The first kappa shape index (κ1) is 15.5. The molecule has 0 radical (unpaired) electrons. The molecule has 0 atom stereocenters. The zero-order chi connectivity index (χ0) is 15.5. The summed E-state index contributed by atoms with van der Waals surface area (Å²) in [6.07, 6.45) is 0.406. The fourth-order valence-corrected chi connectivity index (χ4v) is 2.75. The molecule has 0 aliphatic carbocycles. The van der Waals surface area contributed by atoms with E-state index in [1.54, 1.807) is 0 Å². The number of nitrogens with one attached hydrogen (secondary N) is 2. The second kappa shape index (κ2) is 6.26. The predicted molar refractivity (Wildman–Crippen MR) is 81.0 cm³/mol. The number of nitrogens with zero attached hydrogens (tertiary/aromatic N) is 1. The highest BCUT2D eigenvalue weighted by atomic mass is 79.9. The first-order chi connectivity index (χ1) is 9.91. The van der Waals surface area contributed by atoms with E-state index < -0.39 is 11.2 Å². The summed E-state index contributed by atoms with van der Waals surface area (Å²) in [5, 5.41) is 6.39. The van der Waals surface area contributed by atoms with E-state index in [2.05, 4.69) is 35.9 Å². The van der Waals surface area contributed by atoms with Crippen LogP contribution in [0.25, 0.3) is 0 Å². The molecule has 1 heterocycles. The molecule has 0 fully saturated rings. The Morgan fingerprint density at radius 3 is 2.76 bits per heavy atom. The van der Waals surface area contributed by atoms with Crippen molar-refractivity contribution in [2.75, 3.05) is 6.54 Å². The van der Waals surface area contributed by atoms with E-state index in [1.807, 2.05) is 38.1 Å². The van der Waals surface area contributed by atoms with Gasteiger partial charge in [-0.15, -0.1) is 0 Å². The van der Waals surface area contributed by atoms with Gasteiger partial charge in [-0.3, -0.25) is 14.3 Å². The lowest BCUT2D eigenvalue weighted by molar-refractivity contribution is -0.125. The van der Waals surface area contributed by atoms with Crippen LogP contribution in [-0.2, 0) is 16.6 Å². The van der Waals surface area contributed by atoms with Crippen molar-refractivity contribution in [3.63, 3.8) is 0 Å². The lowest BCUT2D eigenvalue weighted by Gasteiger charge is -2.25. The Kier molecular flexibility index (Phi) is 4.62. The van der Waals surface area contributed by atoms with Crippen molar-refractivity contribution >= 4 is 21.8 Å². The van der Waals surface area contributed by atoms with Crippen LogP contribution >= 0.6 is 15.9 Å². The average molecular weight is 354 g/mol. The summed E-state index contributed by atoms with van der Waals surface area (Å²) < 4.78 is 5.29. The second-order valence-corrected chi connectivity index (χ2v) is 6.01. The zero-order valence-corrected chi connectivity index (χ0v) is 13.4. The third-order valence-electron chi connectivity index (χ3n) is 3.25. The summed E-state index contributed by atoms with van der Waals surface area (Å²) in [5.41, 5.74) is 0.245. The van der Waals surface area contributed by atoms with Gasteiger partial charge in [0, 0.05) is 17.4 Å². The van der Waals surface area contributed by atoms with Crippen molar-refractivity contribution in [1.29, 1.82) is 0 Å². The number of rotatable bonds is 5. The van der Waals surface area contributed by atoms with Crippen molar-refractivity contribution in [3.05, 3.63) is 50.7 Å². The van der Waals surface area contributed by atoms with E-state index in [4.69, 9.17) is 0 Å². The van der Waals surface area contributed by atoms with Gasteiger partial charge in [0.1, 0.15) is 0 Å². The smallest absolute Gasteiger partial charge is 0.355 e. The van der Waals surface area contributed by atoms with Crippen LogP contribution in [0, 0.1) is 0 Å². The number of carbonyl (C=O) groups excluding carboxylic acids is 1. The van der Waals surface area contributed by atoms with Gasteiger partial charge in [-0.1, -0.05) is 39.3 Å². The summed E-state index contributed by atoms with van der Waals surface area (Å²) >= 11 is 3.47. The highest BCUT2D eigenvalue weighted by molar-refractivity contribution is 9.10. The molecule has 0 unspecified atom stereocenters. The molecule has 6 nitrogen and oxygen atoms in total. The Bertz CT molecular complexity index is 691. The Morgan fingerprint density at radius 2 is 2.14 bits per heavy atom. The third kappa shape index (κ3) is 3.60. The molecule has 1 aromatic carbocycles. The van der Waals surface area contributed by atoms with Gasteiger partial charge in [0.15, 0.2) is 5.82 Å². The van der Waals surface area contributed by atoms with Crippen molar-refractivity contribution in [2.45, 2.75) is 25.7 Å². The largest absolute Gasteiger partial charge is 0.438 e. The minimum atomic E-state index is -0.669. The molecule has 0 aliphatic rings. The summed E-state index contributed by atoms with van der Waals surface area (Å²) in [4.78, 5) is 25.6. The van der Waals surface area contributed by atoms with Crippen LogP contribution in [-0.4, -0.2) is 22.6 Å². The molecule has 1 amide bonds. The summed E-state index contributed by atoms with van der Waals surface area (Å²) in [5.74, 6) is -0.274. The Morgan fingerprint density at radius 1 is 1.43 bits per heavy atom. The maximum atomic E-state index is 12.4. The van der Waals surface area contributed by atoms with E-state index >= 15 is 0 Å². The number of aromatic amines is 1. The third-order valence-corrected chi connectivity index (χ3v) is 3.94. The van der Waals surface area contributed by atoms with E-state index in [1.165, 1.54) is 0 Å². The van der Waals surface area contributed by atoms with Crippen LogP contribution in [0.4, 0.5) is 0 Å². The molecule has 0 saturated heterocycles. The molecule has 0 aliphatic heterocycles. The topological polar surface area (TPSA) is 88.0 Å². The van der Waals surface area contributed by atoms with Gasteiger partial charge in [0.05, 0.1) is 5.41 Å². The quantitative estimate of drug-likeness (QED) is 0.857. The number of aromatic nitrogens is 2. The standard InChI is InChI=1S/C14H16BrN3O3/c1-14(2,9-5-3-4-6-10(9)15)12(19)16-8-7-11-17-13(20)21-18-11/h3-6H,7-8H2,1-2H3,(H,16,19)(H,17,18,20). The number of hydrogen-bond donors (Lipinski definition) is 2. The average Bonchev–Trinajstić information content (AvgIpc) is 2.84. The van der Waals surface area contributed by atoms with Crippen LogP contribution in [0.2, 0.25) is 0 Å². The molecule has 2 rings (SSSR count). The van der Waals surface area contributed by atoms with Gasteiger partial charge < -0.3 is 5.32 Å². The second-order valence-electron chi connectivity index (χ2n) is 5.15. The number of halogens is 1. The van der Waals surface area contributed by atoms with E-state index in [0.29, 0.717) is 18.8 Å². The van der Waals surface area contributed by atoms with E-state index in [9.17, 15) is 9.59 Å². The van der Waals surface area contributed by atoms with Crippen molar-refractivity contribution in [3.8, 4) is 0 Å². The lowest BCUT2D eigenvalue weighted by Crippen LogP contribution is -2.41. The molecule has 0 saturated carbocycles. The van der Waals surface area contributed by atoms with E-state index in [0.717, 1.165) is 10.0 Å². The molecule has 21 heavy (non-hydrogen) atoms. The molecular formula is C14H16BrN3O3. The highest BCUT2D eigenvalue weighted by Crippen LogP contribution is 2.30. The molecule has 0 bridgehead atoms. The first-order valence-corrected chi connectivity index (χ1v) is 7.28. The van der Waals surface area contributed by atoms with Crippen molar-refractivity contribution in [2.24, 2.45) is 0 Å². The maximum Gasteiger partial charge on any atom is 0.438 e. The molecule has 7 heteroatoms. The Hall–Kier alpha value is -1.89. The van der Waals surface area contributed by atoms with Crippen LogP contribution in [0.3, 0.4) is 0 Å². The number of amides is 1. The molecule has 1 aromatic heterocycles. The van der Waals surface area contributed by atoms with Crippen LogP contribution < -0.4 is 11.1 Å². The van der Waals surface area contributed by atoms with Gasteiger partial charge in [-0.25, -0.2) is 4.79 Å². The predicted octanol–water partition coefficient (Wildman–Crippen LogP) is 1.76. The summed E-state index contributed by atoms with van der Waals surface area (Å²) in [6.45, 7) is 4.09. The fraction of sp³-hybridized carbons (Fsp3) is 0.357. The van der Waals surface area contributed by atoms with Gasteiger partial charge in [-0.2, -0.15) is 0 Å². The number of hydrogen-bond acceptors (Lipinski definition) is 4. The van der Waals surface area contributed by atoms with Gasteiger partial charge >= 0.3 is 5.76 Å². The lowest BCUT2D eigenvalue weighted by atomic mass is 9.83. The SMILES string of the molecule is CC(C)(C(=O)NCCc1noc(=O)[nH]1)c1ccccc1Br. The van der Waals surface area contributed by atoms with Gasteiger partial charge in [0.2, 0.25) is 5.91 Å². The molecule has 2 aromatic rings. The Labute approximate surface area is 130 Å². The van der Waals surface area contributed by atoms with E-state index in [-0.39, 0.29) is 5.91 Å². The molecule has 2 N–H and O–H groups in total. The minimum Gasteiger partial charge on any atom is -0.355 e. The monoisotopic (exact) mass is 353 g/mol. The molecule has 112 valence electrons. The number of H-pyrrole nitrogens is 1. The van der Waals surface area contributed by atoms with Gasteiger partial charge in [-0.05, 0) is 25.5 Å². The molecule has 0 spiro atoms. The number of carbonyl (C=O) groups is 1. The summed E-state index contributed by atoms with van der Waals surface area (Å²) in [6, 6.07) is 7.63. The maximum absolute atomic E-state index is 12.4. The highest BCUT2D eigenvalue weighted by Gasteiger charge is 2.31. The normalized spacial score (nSPS) is 11.4. The van der Waals surface area contributed by atoms with Crippen molar-refractivity contribution in [1.82, 2.24) is 15.5 Å². The minimum absolute atomic E-state index is 0.0970. The van der Waals surface area contributed by atoms with Crippen LogP contribution in [0.5, 0.6) is 0 Å². The van der Waals surface area contributed by atoms with Gasteiger partial charge in [0.25, 0.3) is 0 Å². The zero-order valence-electron chi connectivity index (χ0n) is 11.8. The van der Waals surface area contributed by atoms with Crippen molar-refractivity contribution < 1.29 is 9.32 Å².